The summed E-state index contributed by atoms with van der Waals surface area (Å²) in [5.41, 5.74) is 0.0763. The van der Waals surface area contributed by atoms with E-state index in [2.05, 4.69) is 31.9 Å². The van der Waals surface area contributed by atoms with Crippen LogP contribution in [0.25, 0.3) is 11.0 Å². The molecule has 3 aromatic rings. The Morgan fingerprint density at radius 2 is 2.13 bits per heavy atom. The monoisotopic (exact) mass is 431 g/mol. The largest absolute Gasteiger partial charge is 0.369 e. The van der Waals surface area contributed by atoms with Gasteiger partial charge in [0, 0.05) is 18.5 Å². The number of rotatable bonds is 10. The number of halogens is 2. The lowest BCUT2D eigenvalue weighted by Crippen LogP contribution is -2.11. The zero-order valence-corrected chi connectivity index (χ0v) is 17.4. The molecule has 0 radical (unpaired) electrons. The molecular weight excluding hydrogens is 408 g/mol. The number of H-pyrrole nitrogens is 1. The average Bonchev–Trinajstić information content (AvgIpc) is 3.47. The van der Waals surface area contributed by atoms with Crippen molar-refractivity contribution in [2.45, 2.75) is 32.6 Å². The number of aromatic nitrogens is 3. The van der Waals surface area contributed by atoms with Crippen molar-refractivity contribution in [2.24, 2.45) is 5.92 Å². The van der Waals surface area contributed by atoms with Crippen LogP contribution in [0.5, 0.6) is 0 Å². The van der Waals surface area contributed by atoms with Gasteiger partial charge in [0.15, 0.2) is 5.82 Å². The fourth-order valence-corrected chi connectivity index (χ4v) is 4.01. The van der Waals surface area contributed by atoms with Gasteiger partial charge in [0.05, 0.1) is 22.2 Å². The molecule has 0 aliphatic heterocycles. The van der Waals surface area contributed by atoms with Crippen molar-refractivity contribution in [3.63, 3.8) is 0 Å². The summed E-state index contributed by atoms with van der Waals surface area (Å²) in [4.78, 5) is 24.5. The van der Waals surface area contributed by atoms with Gasteiger partial charge in [-0.25, -0.2) is 18.7 Å². The predicted octanol–water partition coefficient (Wildman–Crippen LogP) is 5.15. The van der Waals surface area contributed by atoms with E-state index in [1.165, 1.54) is 30.5 Å². The summed E-state index contributed by atoms with van der Waals surface area (Å²) in [6.45, 7) is 2.80. The SMILES string of the molecule is CCCCSNc1ccc(F)c(C(=O)c2c[nH]c3ncnc(NCC4CC4)c23)c1F. The Morgan fingerprint density at radius 1 is 1.30 bits per heavy atom. The van der Waals surface area contributed by atoms with E-state index in [1.807, 2.05) is 0 Å². The van der Waals surface area contributed by atoms with Gasteiger partial charge in [-0.05, 0) is 37.3 Å². The maximum absolute atomic E-state index is 15.1. The molecule has 6 nitrogen and oxygen atoms in total. The molecule has 2 aromatic heterocycles. The highest BCUT2D eigenvalue weighted by atomic mass is 32.2. The molecule has 4 rings (SSSR count). The third-order valence-electron chi connectivity index (χ3n) is 5.07. The molecular formula is C21H23F2N5OS. The zero-order valence-electron chi connectivity index (χ0n) is 16.6. The highest BCUT2D eigenvalue weighted by molar-refractivity contribution is 8.00. The maximum atomic E-state index is 15.1. The topological polar surface area (TPSA) is 82.7 Å². The van der Waals surface area contributed by atoms with Crippen LogP contribution in [0.4, 0.5) is 20.3 Å². The number of carbonyl (C=O) groups is 1. The van der Waals surface area contributed by atoms with Crippen LogP contribution >= 0.6 is 11.9 Å². The molecule has 0 unspecified atom stereocenters. The van der Waals surface area contributed by atoms with Gasteiger partial charge in [0.25, 0.3) is 0 Å². The molecule has 9 heteroatoms. The van der Waals surface area contributed by atoms with Gasteiger partial charge in [-0.1, -0.05) is 25.3 Å². The van der Waals surface area contributed by atoms with E-state index >= 15 is 4.39 Å². The molecule has 1 aliphatic rings. The fraction of sp³-hybridized carbons (Fsp3) is 0.381. The molecule has 1 aromatic carbocycles. The Morgan fingerprint density at radius 3 is 2.90 bits per heavy atom. The molecule has 158 valence electrons. The molecule has 1 saturated carbocycles. The van der Waals surface area contributed by atoms with Crippen LogP contribution < -0.4 is 10.0 Å². The van der Waals surface area contributed by atoms with Crippen LogP contribution in [-0.2, 0) is 0 Å². The first-order chi connectivity index (χ1) is 14.6. The van der Waals surface area contributed by atoms with Gasteiger partial charge in [-0.2, -0.15) is 0 Å². The average molecular weight is 432 g/mol. The summed E-state index contributed by atoms with van der Waals surface area (Å²) in [6.07, 6.45) is 7.13. The number of nitrogens with one attached hydrogen (secondary N) is 3. The van der Waals surface area contributed by atoms with Crippen LogP contribution in [0.2, 0.25) is 0 Å². The van der Waals surface area contributed by atoms with Gasteiger partial charge in [0.2, 0.25) is 5.78 Å². The van der Waals surface area contributed by atoms with E-state index in [1.54, 1.807) is 0 Å². The number of carbonyl (C=O) groups excluding carboxylic acids is 1. The number of unbranched alkanes of at least 4 members (excludes halogenated alkanes) is 1. The van der Waals surface area contributed by atoms with Crippen molar-refractivity contribution in [1.82, 2.24) is 15.0 Å². The Balaban J connectivity index is 1.66. The summed E-state index contributed by atoms with van der Waals surface area (Å²) >= 11 is 1.33. The van der Waals surface area contributed by atoms with Crippen LogP contribution in [0.3, 0.4) is 0 Å². The highest BCUT2D eigenvalue weighted by Gasteiger charge is 2.27. The minimum atomic E-state index is -0.903. The molecule has 2 heterocycles. The summed E-state index contributed by atoms with van der Waals surface area (Å²) in [5.74, 6) is -0.685. The van der Waals surface area contributed by atoms with Gasteiger partial charge < -0.3 is 15.0 Å². The maximum Gasteiger partial charge on any atom is 0.201 e. The van der Waals surface area contributed by atoms with Crippen molar-refractivity contribution in [3.8, 4) is 0 Å². The molecule has 3 N–H and O–H groups in total. The number of aromatic amines is 1. The highest BCUT2D eigenvalue weighted by Crippen LogP contribution is 2.32. The second-order valence-electron chi connectivity index (χ2n) is 7.39. The van der Waals surface area contributed by atoms with E-state index in [9.17, 15) is 9.18 Å². The standard InChI is InChI=1S/C21H23F2N5OS/c1-2-3-8-30-28-15-7-6-14(22)17(18(15)23)19(29)13-10-25-21-16(13)20(26-11-27-21)24-9-12-4-5-12/h6-7,10-12,28H,2-5,8-9H2,1H3,(H2,24,25,26,27). The first-order valence-electron chi connectivity index (χ1n) is 10.1. The van der Waals surface area contributed by atoms with Gasteiger partial charge in [-0.3, -0.25) is 4.79 Å². The third kappa shape index (κ3) is 4.26. The Bertz CT molecular complexity index is 1070. The molecule has 0 saturated heterocycles. The Labute approximate surface area is 177 Å². The van der Waals surface area contributed by atoms with Crippen molar-refractivity contribution in [1.29, 1.82) is 0 Å². The van der Waals surface area contributed by atoms with Crippen molar-refractivity contribution < 1.29 is 13.6 Å². The van der Waals surface area contributed by atoms with Gasteiger partial charge >= 0.3 is 0 Å². The predicted molar refractivity (Wildman–Crippen MR) is 116 cm³/mol. The lowest BCUT2D eigenvalue weighted by atomic mass is 10.0. The van der Waals surface area contributed by atoms with Gasteiger partial charge in [0.1, 0.15) is 23.6 Å². The number of hydrogen-bond donors (Lipinski definition) is 3. The Hall–Kier alpha value is -2.68. The minimum Gasteiger partial charge on any atom is -0.369 e. The number of hydrogen-bond acceptors (Lipinski definition) is 6. The molecule has 0 amide bonds. The minimum absolute atomic E-state index is 0.0871. The van der Waals surface area contributed by atoms with E-state index in [4.69, 9.17) is 0 Å². The van der Waals surface area contributed by atoms with Crippen molar-refractivity contribution >= 4 is 40.3 Å². The van der Waals surface area contributed by atoms with Crippen molar-refractivity contribution in [2.75, 3.05) is 22.3 Å². The fourth-order valence-electron chi connectivity index (χ4n) is 3.16. The lowest BCUT2D eigenvalue weighted by molar-refractivity contribution is 0.103. The van der Waals surface area contributed by atoms with Crippen LogP contribution in [0.1, 0.15) is 48.5 Å². The number of fused-ring (bicyclic) bond motifs is 1. The van der Waals surface area contributed by atoms with E-state index in [0.717, 1.165) is 44.0 Å². The molecule has 1 fully saturated rings. The normalized spacial score (nSPS) is 13.6. The number of nitrogens with zero attached hydrogens (tertiary/aromatic N) is 2. The summed E-state index contributed by atoms with van der Waals surface area (Å²) in [6, 6.07) is 2.41. The quantitative estimate of drug-likeness (QED) is 0.234. The molecule has 0 bridgehead atoms. The zero-order chi connectivity index (χ0) is 21.1. The third-order valence-corrected chi connectivity index (χ3v) is 5.93. The number of ketones is 1. The smallest absolute Gasteiger partial charge is 0.201 e. The molecule has 0 atom stereocenters. The van der Waals surface area contributed by atoms with E-state index < -0.39 is 23.0 Å². The van der Waals surface area contributed by atoms with Gasteiger partial charge in [-0.15, -0.1) is 0 Å². The summed E-state index contributed by atoms with van der Waals surface area (Å²) < 4.78 is 32.5. The Kier molecular flexibility index (Phi) is 6.17. The van der Waals surface area contributed by atoms with E-state index in [-0.39, 0.29) is 11.3 Å². The summed E-state index contributed by atoms with van der Waals surface area (Å²) in [7, 11) is 0. The molecule has 1 aliphatic carbocycles. The molecule has 0 spiro atoms. The second-order valence-corrected chi connectivity index (χ2v) is 8.29. The molecule has 30 heavy (non-hydrogen) atoms. The number of benzene rings is 1. The van der Waals surface area contributed by atoms with Crippen LogP contribution in [-0.4, -0.2) is 33.0 Å². The second kappa shape index (κ2) is 8.99. The van der Waals surface area contributed by atoms with Crippen molar-refractivity contribution in [3.05, 3.63) is 47.4 Å². The number of anilines is 2. The summed E-state index contributed by atoms with van der Waals surface area (Å²) in [5, 5.41) is 3.68. The van der Waals surface area contributed by atoms with Crippen LogP contribution in [0, 0.1) is 17.6 Å². The van der Waals surface area contributed by atoms with E-state index in [0.29, 0.717) is 22.8 Å². The lowest BCUT2D eigenvalue weighted by Gasteiger charge is -2.11. The van der Waals surface area contributed by atoms with Crippen LogP contribution in [0.15, 0.2) is 24.7 Å². The first kappa shape index (κ1) is 20.6. The first-order valence-corrected chi connectivity index (χ1v) is 11.0.